The molecule has 0 spiro atoms. The summed E-state index contributed by atoms with van der Waals surface area (Å²) in [7, 11) is 1.44. The summed E-state index contributed by atoms with van der Waals surface area (Å²) in [5.41, 5.74) is 4.80. The van der Waals surface area contributed by atoms with Crippen molar-refractivity contribution in [1.82, 2.24) is 5.43 Å². The largest absolute Gasteiger partial charge is 0.493 e. The Morgan fingerprint density at radius 3 is 2.39 bits per heavy atom. The number of amides is 2. The highest BCUT2D eigenvalue weighted by atomic mass is 32.1. The van der Waals surface area contributed by atoms with Crippen LogP contribution in [0.4, 0.5) is 5.00 Å². The Balaban J connectivity index is 1.44. The van der Waals surface area contributed by atoms with E-state index in [4.69, 9.17) is 14.2 Å². The van der Waals surface area contributed by atoms with Crippen LogP contribution in [0.1, 0.15) is 69.8 Å². The summed E-state index contributed by atoms with van der Waals surface area (Å²) in [6, 6.07) is 13.4. The predicted octanol–water partition coefficient (Wildman–Crippen LogP) is 4.90. The van der Waals surface area contributed by atoms with Crippen LogP contribution in [0.15, 0.2) is 53.6 Å². The number of esters is 2. The van der Waals surface area contributed by atoms with Gasteiger partial charge in [0, 0.05) is 10.4 Å². The summed E-state index contributed by atoms with van der Waals surface area (Å²) in [6.45, 7) is 3.56. The van der Waals surface area contributed by atoms with Crippen LogP contribution in [0.3, 0.4) is 0 Å². The third-order valence-electron chi connectivity index (χ3n) is 6.45. The van der Waals surface area contributed by atoms with Gasteiger partial charge in [-0.3, -0.25) is 9.59 Å². The van der Waals surface area contributed by atoms with Gasteiger partial charge in [0.05, 0.1) is 30.6 Å². The number of methoxy groups -OCH3 is 1. The van der Waals surface area contributed by atoms with Crippen molar-refractivity contribution in [3.05, 3.63) is 75.7 Å². The minimum atomic E-state index is -0.997. The molecule has 0 saturated carbocycles. The van der Waals surface area contributed by atoms with Gasteiger partial charge in [0.15, 0.2) is 11.5 Å². The van der Waals surface area contributed by atoms with Crippen molar-refractivity contribution >= 4 is 45.8 Å². The number of aryl methyl sites for hydroxylation is 1. The Morgan fingerprint density at radius 2 is 1.66 bits per heavy atom. The predicted molar refractivity (Wildman–Crippen MR) is 155 cm³/mol. The first-order valence-corrected chi connectivity index (χ1v) is 14.1. The lowest BCUT2D eigenvalue weighted by atomic mass is 10.1. The number of nitrogens with one attached hydrogen (secondary N) is 2. The first kappa shape index (κ1) is 29.5. The molecule has 2 amide bonds. The summed E-state index contributed by atoms with van der Waals surface area (Å²) in [6.07, 6.45) is 4.54. The number of ether oxygens (including phenoxy) is 3. The first-order chi connectivity index (χ1) is 19.8. The van der Waals surface area contributed by atoms with Crippen molar-refractivity contribution in [2.24, 2.45) is 5.10 Å². The van der Waals surface area contributed by atoms with Gasteiger partial charge in [-0.1, -0.05) is 24.6 Å². The topological polar surface area (TPSA) is 132 Å². The van der Waals surface area contributed by atoms with E-state index in [1.165, 1.54) is 18.4 Å². The van der Waals surface area contributed by atoms with Gasteiger partial charge >= 0.3 is 23.8 Å². The standard InChI is InChI=1S/C30H31N3O7S/c1-4-39-30(37)25-21-13-9-6-10-14-24(21)41-28(25)31-26(34)27(35)33-32-18(2)20-15-16-22(23(17-20)38-3)40-29(36)19-11-7-5-8-12-19/h5,7-8,11-12,15-17H,4,6,9-10,13-14H2,1-3H3,(H,31,34)(H,33,35)/b32-18+. The first-order valence-electron chi connectivity index (χ1n) is 13.2. The molecule has 0 bridgehead atoms. The Bertz CT molecular complexity index is 1480. The molecule has 1 aromatic heterocycles. The van der Waals surface area contributed by atoms with Crippen LogP contribution in [0.2, 0.25) is 0 Å². The zero-order valence-electron chi connectivity index (χ0n) is 23.1. The molecule has 2 N–H and O–H groups in total. The van der Waals surface area contributed by atoms with Crippen molar-refractivity contribution in [2.45, 2.75) is 46.0 Å². The fourth-order valence-corrected chi connectivity index (χ4v) is 5.64. The van der Waals surface area contributed by atoms with E-state index in [1.54, 1.807) is 62.4 Å². The molecule has 0 fully saturated rings. The molecule has 0 radical (unpaired) electrons. The Hall–Kier alpha value is -4.51. The Labute approximate surface area is 241 Å². The van der Waals surface area contributed by atoms with Crippen molar-refractivity contribution in [1.29, 1.82) is 0 Å². The van der Waals surface area contributed by atoms with E-state index >= 15 is 0 Å². The molecule has 41 heavy (non-hydrogen) atoms. The van der Waals surface area contributed by atoms with E-state index in [1.807, 2.05) is 0 Å². The second-order valence-corrected chi connectivity index (χ2v) is 10.3. The maximum atomic E-state index is 12.7. The molecule has 214 valence electrons. The molecule has 0 atom stereocenters. The zero-order chi connectivity index (χ0) is 29.4. The average Bonchev–Trinajstić information content (AvgIpc) is 3.16. The summed E-state index contributed by atoms with van der Waals surface area (Å²) < 4.78 is 16.1. The molecular formula is C30H31N3O7S. The van der Waals surface area contributed by atoms with E-state index in [0.717, 1.165) is 42.5 Å². The molecule has 1 aliphatic carbocycles. The van der Waals surface area contributed by atoms with Crippen LogP contribution >= 0.6 is 11.3 Å². The molecule has 1 heterocycles. The lowest BCUT2D eigenvalue weighted by Gasteiger charge is -2.11. The van der Waals surface area contributed by atoms with E-state index < -0.39 is 23.8 Å². The summed E-state index contributed by atoms with van der Waals surface area (Å²) in [4.78, 5) is 51.5. The maximum absolute atomic E-state index is 12.7. The number of hydrogen-bond donors (Lipinski definition) is 2. The molecule has 2 aromatic carbocycles. The van der Waals surface area contributed by atoms with E-state index in [2.05, 4.69) is 15.8 Å². The smallest absolute Gasteiger partial charge is 0.343 e. The number of carbonyl (C=O) groups is 4. The summed E-state index contributed by atoms with van der Waals surface area (Å²) in [5, 5.41) is 6.92. The SMILES string of the molecule is CCOC(=O)c1c(NC(=O)C(=O)N/N=C(\C)c2ccc(OC(=O)c3ccccc3)c(OC)c2)sc2c1CCCCC2. The third kappa shape index (κ3) is 7.17. The number of benzene rings is 2. The van der Waals surface area contributed by atoms with Crippen LogP contribution in [0.25, 0.3) is 0 Å². The second kappa shape index (κ2) is 13.7. The van der Waals surface area contributed by atoms with Gasteiger partial charge in [-0.2, -0.15) is 5.10 Å². The molecule has 3 aromatic rings. The van der Waals surface area contributed by atoms with E-state index in [-0.39, 0.29) is 18.1 Å². The van der Waals surface area contributed by atoms with Crippen LogP contribution in [-0.2, 0) is 27.2 Å². The number of rotatable bonds is 8. The van der Waals surface area contributed by atoms with Gasteiger partial charge in [-0.05, 0) is 75.4 Å². The molecule has 10 nitrogen and oxygen atoms in total. The molecule has 0 saturated heterocycles. The number of hydrazone groups is 1. The monoisotopic (exact) mass is 577 g/mol. The normalized spacial score (nSPS) is 12.9. The van der Waals surface area contributed by atoms with Crippen LogP contribution in [-0.4, -0.2) is 43.2 Å². The molecular weight excluding hydrogens is 546 g/mol. The van der Waals surface area contributed by atoms with Gasteiger partial charge in [-0.15, -0.1) is 11.3 Å². The molecule has 0 aliphatic heterocycles. The minimum Gasteiger partial charge on any atom is -0.493 e. The maximum Gasteiger partial charge on any atom is 0.343 e. The van der Waals surface area contributed by atoms with Gasteiger partial charge in [0.2, 0.25) is 0 Å². The third-order valence-corrected chi connectivity index (χ3v) is 7.66. The minimum absolute atomic E-state index is 0.201. The van der Waals surface area contributed by atoms with Crippen LogP contribution < -0.4 is 20.2 Å². The van der Waals surface area contributed by atoms with E-state index in [9.17, 15) is 19.2 Å². The van der Waals surface area contributed by atoms with Gasteiger partial charge in [0.25, 0.3) is 0 Å². The van der Waals surface area contributed by atoms with Gasteiger partial charge in [-0.25, -0.2) is 15.0 Å². The van der Waals surface area contributed by atoms with Crippen LogP contribution in [0.5, 0.6) is 11.5 Å². The number of thiophene rings is 1. The Morgan fingerprint density at radius 1 is 0.902 bits per heavy atom. The Kier molecular flexibility index (Phi) is 9.86. The average molecular weight is 578 g/mol. The molecule has 1 aliphatic rings. The van der Waals surface area contributed by atoms with Crippen molar-refractivity contribution < 1.29 is 33.4 Å². The van der Waals surface area contributed by atoms with Crippen LogP contribution in [0, 0.1) is 0 Å². The highest BCUT2D eigenvalue weighted by molar-refractivity contribution is 7.17. The fraction of sp³-hybridized carbons (Fsp3) is 0.300. The number of carbonyl (C=O) groups excluding carboxylic acids is 4. The fourth-order valence-electron chi connectivity index (χ4n) is 4.37. The van der Waals surface area contributed by atoms with Crippen molar-refractivity contribution in [3.8, 4) is 11.5 Å². The van der Waals surface area contributed by atoms with Gasteiger partial charge in [0.1, 0.15) is 5.00 Å². The number of fused-ring (bicyclic) bond motifs is 1. The number of hydrogen-bond acceptors (Lipinski definition) is 9. The second-order valence-electron chi connectivity index (χ2n) is 9.20. The highest BCUT2D eigenvalue weighted by Crippen LogP contribution is 2.38. The quantitative estimate of drug-likeness (QED) is 0.0972. The van der Waals surface area contributed by atoms with E-state index in [0.29, 0.717) is 27.4 Å². The molecule has 4 rings (SSSR count). The number of nitrogens with zero attached hydrogens (tertiary/aromatic N) is 1. The van der Waals surface area contributed by atoms with Gasteiger partial charge < -0.3 is 19.5 Å². The lowest BCUT2D eigenvalue weighted by Crippen LogP contribution is -2.33. The van der Waals surface area contributed by atoms with Crippen molar-refractivity contribution in [3.63, 3.8) is 0 Å². The van der Waals surface area contributed by atoms with Crippen molar-refractivity contribution in [2.75, 3.05) is 19.0 Å². The highest BCUT2D eigenvalue weighted by Gasteiger charge is 2.28. The molecule has 11 heteroatoms. The summed E-state index contributed by atoms with van der Waals surface area (Å²) in [5.74, 6) is -2.49. The number of anilines is 1. The molecule has 0 unspecified atom stereocenters. The summed E-state index contributed by atoms with van der Waals surface area (Å²) >= 11 is 1.31. The zero-order valence-corrected chi connectivity index (χ0v) is 23.9. The lowest BCUT2D eigenvalue weighted by molar-refractivity contribution is -0.136.